The first-order valence-electron chi connectivity index (χ1n) is 9.34. The van der Waals surface area contributed by atoms with E-state index in [0.717, 1.165) is 5.69 Å². The maximum Gasteiger partial charge on any atom is 0.255 e. The van der Waals surface area contributed by atoms with Crippen molar-refractivity contribution in [2.24, 2.45) is 5.92 Å². The molecule has 0 fully saturated rings. The number of aliphatic hydroxyl groups excluding tert-OH is 1. The molecule has 1 aromatic heterocycles. The van der Waals surface area contributed by atoms with Gasteiger partial charge in [-0.2, -0.15) is 5.10 Å². The van der Waals surface area contributed by atoms with Crippen LogP contribution in [0.2, 0.25) is 0 Å². The van der Waals surface area contributed by atoms with Crippen LogP contribution in [-0.4, -0.2) is 48.2 Å². The Kier molecular flexibility index (Phi) is 6.51. The molecule has 1 amide bonds. The van der Waals surface area contributed by atoms with E-state index in [1.807, 2.05) is 37.3 Å². The zero-order valence-corrected chi connectivity index (χ0v) is 16.8. The van der Waals surface area contributed by atoms with Crippen LogP contribution in [0.4, 0.5) is 0 Å². The molecule has 0 bridgehead atoms. The highest BCUT2D eigenvalue weighted by Gasteiger charge is 2.22. The predicted octanol–water partition coefficient (Wildman–Crippen LogP) is 2.91. The van der Waals surface area contributed by atoms with Gasteiger partial charge in [0.1, 0.15) is 17.2 Å². The number of methoxy groups -OCH3 is 2. The molecule has 7 heteroatoms. The summed E-state index contributed by atoms with van der Waals surface area (Å²) in [5, 5.41) is 16.8. The van der Waals surface area contributed by atoms with E-state index in [0.29, 0.717) is 34.9 Å². The van der Waals surface area contributed by atoms with E-state index in [2.05, 4.69) is 10.4 Å². The largest absolute Gasteiger partial charge is 0.497 e. The van der Waals surface area contributed by atoms with Crippen LogP contribution in [0, 0.1) is 5.92 Å². The summed E-state index contributed by atoms with van der Waals surface area (Å²) in [6.45, 7) is 2.22. The minimum atomic E-state index is -0.271. The van der Waals surface area contributed by atoms with E-state index in [1.54, 1.807) is 43.3 Å². The fraction of sp³-hybridized carbons (Fsp3) is 0.273. The normalized spacial score (nSPS) is 11.7. The number of rotatable bonds is 8. The van der Waals surface area contributed by atoms with E-state index < -0.39 is 0 Å². The molecule has 29 heavy (non-hydrogen) atoms. The van der Waals surface area contributed by atoms with Crippen LogP contribution < -0.4 is 14.8 Å². The fourth-order valence-electron chi connectivity index (χ4n) is 2.88. The van der Waals surface area contributed by atoms with Gasteiger partial charge in [-0.05, 0) is 36.2 Å². The van der Waals surface area contributed by atoms with Crippen LogP contribution in [-0.2, 0) is 0 Å². The van der Waals surface area contributed by atoms with Gasteiger partial charge >= 0.3 is 0 Å². The molecule has 0 saturated heterocycles. The van der Waals surface area contributed by atoms with Gasteiger partial charge in [0.25, 0.3) is 5.91 Å². The Balaban J connectivity index is 2.09. The number of hydrogen-bond donors (Lipinski definition) is 2. The summed E-state index contributed by atoms with van der Waals surface area (Å²) in [4.78, 5) is 12.9. The van der Waals surface area contributed by atoms with Crippen molar-refractivity contribution in [1.29, 1.82) is 0 Å². The molecule has 0 aliphatic carbocycles. The smallest absolute Gasteiger partial charge is 0.255 e. The van der Waals surface area contributed by atoms with Crippen molar-refractivity contribution in [3.8, 4) is 28.4 Å². The Hall–Kier alpha value is -3.32. The third-order valence-electron chi connectivity index (χ3n) is 4.56. The second kappa shape index (κ2) is 9.25. The molecule has 1 atom stereocenters. The van der Waals surface area contributed by atoms with E-state index >= 15 is 0 Å². The summed E-state index contributed by atoms with van der Waals surface area (Å²) >= 11 is 0. The van der Waals surface area contributed by atoms with Crippen molar-refractivity contribution in [3.05, 3.63) is 60.3 Å². The summed E-state index contributed by atoms with van der Waals surface area (Å²) in [6, 6.07) is 14.9. The topological polar surface area (TPSA) is 85.6 Å². The van der Waals surface area contributed by atoms with Crippen molar-refractivity contribution < 1.29 is 19.4 Å². The van der Waals surface area contributed by atoms with Gasteiger partial charge in [-0.1, -0.05) is 25.1 Å². The molecule has 3 aromatic rings. The van der Waals surface area contributed by atoms with Gasteiger partial charge < -0.3 is 19.9 Å². The molecule has 0 aliphatic heterocycles. The van der Waals surface area contributed by atoms with Crippen molar-refractivity contribution in [2.45, 2.75) is 6.92 Å². The molecule has 1 heterocycles. The lowest BCUT2D eigenvalue weighted by atomic mass is 10.1. The molecule has 0 radical (unpaired) electrons. The number of aromatic nitrogens is 2. The Labute approximate surface area is 169 Å². The number of hydrogen-bond acceptors (Lipinski definition) is 5. The highest BCUT2D eigenvalue weighted by Crippen LogP contribution is 2.35. The van der Waals surface area contributed by atoms with Gasteiger partial charge in [0, 0.05) is 24.9 Å². The standard InChI is InChI=1S/C22H25N3O4/c1-15(14-26)12-23-22(27)19-13-25(16-7-5-4-6-8-16)24-21(19)18-11-17(28-2)9-10-20(18)29-3/h4-11,13,15,26H,12,14H2,1-3H3,(H,23,27)/t15-/m1/s1. The van der Waals surface area contributed by atoms with Crippen LogP contribution in [0.15, 0.2) is 54.7 Å². The average Bonchev–Trinajstić information content (AvgIpc) is 3.22. The first-order valence-corrected chi connectivity index (χ1v) is 9.34. The van der Waals surface area contributed by atoms with Gasteiger partial charge in [-0.3, -0.25) is 4.79 Å². The summed E-state index contributed by atoms with van der Waals surface area (Å²) in [5.74, 6) is 0.905. The monoisotopic (exact) mass is 395 g/mol. The number of para-hydroxylation sites is 1. The molecule has 0 unspecified atom stereocenters. The summed E-state index contributed by atoms with van der Waals surface area (Å²) in [6.07, 6.45) is 1.70. The third-order valence-corrected chi connectivity index (χ3v) is 4.56. The number of amides is 1. The summed E-state index contributed by atoms with van der Waals surface area (Å²) in [5.41, 5.74) is 2.38. The molecule has 3 rings (SSSR count). The molecular formula is C22H25N3O4. The van der Waals surface area contributed by atoms with E-state index in [-0.39, 0.29) is 18.4 Å². The molecule has 2 N–H and O–H groups in total. The fourth-order valence-corrected chi connectivity index (χ4v) is 2.88. The van der Waals surface area contributed by atoms with Gasteiger partial charge in [0.05, 0.1) is 25.5 Å². The molecule has 0 saturated carbocycles. The molecule has 2 aromatic carbocycles. The lowest BCUT2D eigenvalue weighted by Gasteiger charge is -2.12. The quantitative estimate of drug-likeness (QED) is 0.613. The Morgan fingerprint density at radius 1 is 1.17 bits per heavy atom. The first-order chi connectivity index (χ1) is 14.1. The number of aliphatic hydroxyl groups is 1. The van der Waals surface area contributed by atoms with Gasteiger partial charge in [-0.25, -0.2) is 4.68 Å². The van der Waals surface area contributed by atoms with Crippen molar-refractivity contribution in [1.82, 2.24) is 15.1 Å². The number of benzene rings is 2. The molecule has 0 spiro atoms. The van der Waals surface area contributed by atoms with Crippen molar-refractivity contribution >= 4 is 5.91 Å². The number of nitrogens with zero attached hydrogens (tertiary/aromatic N) is 2. The van der Waals surface area contributed by atoms with E-state index in [4.69, 9.17) is 9.47 Å². The minimum Gasteiger partial charge on any atom is -0.497 e. The molecule has 152 valence electrons. The maximum atomic E-state index is 12.9. The number of carbonyl (C=O) groups excluding carboxylic acids is 1. The molecule has 0 aliphatic rings. The number of nitrogens with one attached hydrogen (secondary N) is 1. The van der Waals surface area contributed by atoms with Crippen LogP contribution in [0.25, 0.3) is 16.9 Å². The first kappa shape index (κ1) is 20.4. The van der Waals surface area contributed by atoms with Crippen molar-refractivity contribution in [2.75, 3.05) is 27.4 Å². The third kappa shape index (κ3) is 4.57. The summed E-state index contributed by atoms with van der Waals surface area (Å²) in [7, 11) is 3.15. The van der Waals surface area contributed by atoms with Gasteiger partial charge in [0.15, 0.2) is 0 Å². The van der Waals surface area contributed by atoms with Crippen LogP contribution in [0.1, 0.15) is 17.3 Å². The van der Waals surface area contributed by atoms with Gasteiger partial charge in [-0.15, -0.1) is 0 Å². The second-order valence-electron chi connectivity index (χ2n) is 6.74. The summed E-state index contributed by atoms with van der Waals surface area (Å²) < 4.78 is 12.5. The molecule has 7 nitrogen and oxygen atoms in total. The SMILES string of the molecule is COc1ccc(OC)c(-c2nn(-c3ccccc3)cc2C(=O)NC[C@@H](C)CO)c1. The maximum absolute atomic E-state index is 12.9. The molecular weight excluding hydrogens is 370 g/mol. The Morgan fingerprint density at radius 2 is 1.93 bits per heavy atom. The Morgan fingerprint density at radius 3 is 2.59 bits per heavy atom. The van der Waals surface area contributed by atoms with E-state index in [1.165, 1.54) is 0 Å². The highest BCUT2D eigenvalue weighted by atomic mass is 16.5. The van der Waals surface area contributed by atoms with Crippen LogP contribution in [0.5, 0.6) is 11.5 Å². The van der Waals surface area contributed by atoms with E-state index in [9.17, 15) is 9.90 Å². The highest BCUT2D eigenvalue weighted by molar-refractivity contribution is 6.00. The van der Waals surface area contributed by atoms with Gasteiger partial charge in [0.2, 0.25) is 0 Å². The lowest BCUT2D eigenvalue weighted by Crippen LogP contribution is -2.29. The number of carbonyl (C=O) groups is 1. The second-order valence-corrected chi connectivity index (χ2v) is 6.74. The predicted molar refractivity (Wildman–Crippen MR) is 111 cm³/mol. The van der Waals surface area contributed by atoms with Crippen LogP contribution in [0.3, 0.4) is 0 Å². The Bertz CT molecular complexity index is 969. The zero-order chi connectivity index (χ0) is 20.8. The van der Waals surface area contributed by atoms with Crippen LogP contribution >= 0.6 is 0 Å². The average molecular weight is 395 g/mol. The minimum absolute atomic E-state index is 0.000120. The number of ether oxygens (including phenoxy) is 2. The zero-order valence-electron chi connectivity index (χ0n) is 16.8. The lowest BCUT2D eigenvalue weighted by molar-refractivity contribution is 0.0943. The van der Waals surface area contributed by atoms with Crippen molar-refractivity contribution in [3.63, 3.8) is 0 Å².